The molecule has 3 rings (SSSR count). The van der Waals surface area contributed by atoms with E-state index in [2.05, 4.69) is 20.8 Å². The average Bonchev–Trinajstić information content (AvgIpc) is 3.14. The number of hydrogen-bond acceptors (Lipinski definition) is 3. The van der Waals surface area contributed by atoms with Crippen LogP contribution >= 0.6 is 15.9 Å². The highest BCUT2D eigenvalue weighted by Gasteiger charge is 2.41. The first kappa shape index (κ1) is 17.9. The number of carbonyl (C=O) groups is 1. The average molecular weight is 395 g/mol. The van der Waals surface area contributed by atoms with Crippen molar-refractivity contribution in [2.75, 3.05) is 27.2 Å². The molecule has 0 radical (unpaired) electrons. The molecule has 1 aromatic rings. The van der Waals surface area contributed by atoms with Crippen LogP contribution in [0, 0.1) is 0 Å². The lowest BCUT2D eigenvalue weighted by Crippen LogP contribution is -2.59. The Morgan fingerprint density at radius 3 is 2.46 bits per heavy atom. The molecule has 132 valence electrons. The minimum atomic E-state index is 0.105. The van der Waals surface area contributed by atoms with Crippen molar-refractivity contribution in [2.24, 2.45) is 0 Å². The zero-order chi connectivity index (χ0) is 17.1. The topological polar surface area (TPSA) is 32.8 Å². The van der Waals surface area contributed by atoms with Gasteiger partial charge < -0.3 is 9.64 Å². The summed E-state index contributed by atoms with van der Waals surface area (Å²) in [5, 5.41) is 0. The number of ether oxygens (including phenoxy) is 1. The molecular weight excluding hydrogens is 368 g/mol. The Kier molecular flexibility index (Phi) is 5.95. The second kappa shape index (κ2) is 7.98. The molecule has 0 N–H and O–H groups in total. The van der Waals surface area contributed by atoms with Gasteiger partial charge in [0.1, 0.15) is 0 Å². The van der Waals surface area contributed by atoms with Gasteiger partial charge in [-0.05, 0) is 69.5 Å². The summed E-state index contributed by atoms with van der Waals surface area (Å²) >= 11 is 3.43. The molecule has 2 aliphatic rings. The Morgan fingerprint density at radius 2 is 1.83 bits per heavy atom. The van der Waals surface area contributed by atoms with Gasteiger partial charge in [0.05, 0.1) is 12.1 Å². The van der Waals surface area contributed by atoms with Crippen molar-refractivity contribution in [2.45, 2.75) is 50.3 Å². The van der Waals surface area contributed by atoms with Gasteiger partial charge in [-0.25, -0.2) is 0 Å². The number of likely N-dealkylation sites (tertiary alicyclic amines) is 1. The first-order valence-electron chi connectivity index (χ1n) is 8.91. The van der Waals surface area contributed by atoms with Crippen molar-refractivity contribution in [3.05, 3.63) is 34.3 Å². The Morgan fingerprint density at radius 1 is 1.17 bits per heavy atom. The Balaban J connectivity index is 1.80. The Hall–Kier alpha value is -0.910. The van der Waals surface area contributed by atoms with Crippen molar-refractivity contribution in [3.63, 3.8) is 0 Å². The summed E-state index contributed by atoms with van der Waals surface area (Å²) < 4.78 is 6.81. The molecule has 3 atom stereocenters. The number of amides is 1. The number of nitrogens with zero attached hydrogens (tertiary/aromatic N) is 2. The summed E-state index contributed by atoms with van der Waals surface area (Å²) in [5.41, 5.74) is 0.750. The summed E-state index contributed by atoms with van der Waals surface area (Å²) in [7, 11) is 3.77. The molecule has 1 amide bonds. The van der Waals surface area contributed by atoms with Crippen LogP contribution in [0.5, 0.6) is 0 Å². The van der Waals surface area contributed by atoms with Gasteiger partial charge >= 0.3 is 0 Å². The van der Waals surface area contributed by atoms with E-state index in [9.17, 15) is 4.79 Å². The molecule has 24 heavy (non-hydrogen) atoms. The normalized spacial score (nSPS) is 28.0. The van der Waals surface area contributed by atoms with Crippen LogP contribution in [-0.2, 0) is 4.74 Å². The summed E-state index contributed by atoms with van der Waals surface area (Å²) in [6.07, 6.45) is 6.00. The first-order valence-corrected chi connectivity index (χ1v) is 9.70. The number of likely N-dealkylation sites (N-methyl/N-ethyl adjacent to an activating group) is 1. The summed E-state index contributed by atoms with van der Waals surface area (Å²) in [5.74, 6) is 0.105. The number of halogens is 1. The lowest BCUT2D eigenvalue weighted by Gasteiger charge is -2.46. The highest BCUT2D eigenvalue weighted by atomic mass is 79.9. The third kappa shape index (κ3) is 3.68. The second-order valence-electron chi connectivity index (χ2n) is 6.93. The van der Waals surface area contributed by atoms with Gasteiger partial charge in [0.2, 0.25) is 0 Å². The molecule has 1 aliphatic carbocycles. The maximum absolute atomic E-state index is 13.0. The summed E-state index contributed by atoms with van der Waals surface area (Å²) in [4.78, 5) is 17.5. The highest BCUT2D eigenvalue weighted by molar-refractivity contribution is 9.10. The molecule has 0 bridgehead atoms. The standard InChI is InChI=1S/C19H27BrN2O2/c1-21(19(23)14-8-10-15(20)11-9-14)16-6-5-7-17(24-2)18(16)22-12-3-4-13-22/h8-11,16-18H,3-7,12-13H2,1-2H3. The Labute approximate surface area is 153 Å². The smallest absolute Gasteiger partial charge is 0.253 e. The quantitative estimate of drug-likeness (QED) is 0.782. The Bertz CT molecular complexity index is 555. The van der Waals surface area contributed by atoms with E-state index in [1.165, 1.54) is 12.8 Å². The minimum Gasteiger partial charge on any atom is -0.380 e. The lowest BCUT2D eigenvalue weighted by molar-refractivity contribution is -0.0388. The molecule has 3 unspecified atom stereocenters. The molecule has 1 heterocycles. The largest absolute Gasteiger partial charge is 0.380 e. The molecule has 1 aliphatic heterocycles. The minimum absolute atomic E-state index is 0.105. The van der Waals surface area contributed by atoms with Gasteiger partial charge in [0.15, 0.2) is 0 Å². The lowest BCUT2D eigenvalue weighted by atomic mass is 9.85. The molecular formula is C19H27BrN2O2. The zero-order valence-corrected chi connectivity index (χ0v) is 16.2. The maximum atomic E-state index is 13.0. The third-order valence-electron chi connectivity index (χ3n) is 5.54. The van der Waals surface area contributed by atoms with Gasteiger partial charge in [-0.2, -0.15) is 0 Å². The van der Waals surface area contributed by atoms with E-state index < -0.39 is 0 Å². The molecule has 4 nitrogen and oxygen atoms in total. The van der Waals surface area contributed by atoms with Crippen molar-refractivity contribution in [1.29, 1.82) is 0 Å². The fraction of sp³-hybridized carbons (Fsp3) is 0.632. The molecule has 5 heteroatoms. The van der Waals surface area contributed by atoms with Gasteiger partial charge in [-0.3, -0.25) is 9.69 Å². The van der Waals surface area contributed by atoms with Crippen molar-refractivity contribution >= 4 is 21.8 Å². The van der Waals surface area contributed by atoms with Crippen LogP contribution in [0.1, 0.15) is 42.5 Å². The van der Waals surface area contributed by atoms with Gasteiger partial charge in [-0.15, -0.1) is 0 Å². The van der Waals surface area contributed by atoms with Crippen LogP contribution in [-0.4, -0.2) is 61.1 Å². The van der Waals surface area contributed by atoms with Crippen LogP contribution in [0.3, 0.4) is 0 Å². The number of benzene rings is 1. The molecule has 2 fully saturated rings. The summed E-state index contributed by atoms with van der Waals surface area (Å²) in [6, 6.07) is 8.18. The van der Waals surface area contributed by atoms with Crippen molar-refractivity contribution in [3.8, 4) is 0 Å². The SMILES string of the molecule is COC1CCCC(N(C)C(=O)c2ccc(Br)cc2)C1N1CCCC1. The van der Waals surface area contributed by atoms with Crippen molar-refractivity contribution < 1.29 is 9.53 Å². The summed E-state index contributed by atoms with van der Waals surface area (Å²) in [6.45, 7) is 2.25. The van der Waals surface area contributed by atoms with E-state index in [1.54, 1.807) is 0 Å². The number of methoxy groups -OCH3 is 1. The highest BCUT2D eigenvalue weighted by Crippen LogP contribution is 2.31. The van der Waals surface area contributed by atoms with Crippen LogP contribution in [0.25, 0.3) is 0 Å². The first-order chi connectivity index (χ1) is 11.6. The predicted molar refractivity (Wildman–Crippen MR) is 99.3 cm³/mol. The van der Waals surface area contributed by atoms with E-state index in [-0.39, 0.29) is 18.1 Å². The zero-order valence-electron chi connectivity index (χ0n) is 14.6. The van der Waals surface area contributed by atoms with E-state index in [0.29, 0.717) is 6.04 Å². The third-order valence-corrected chi connectivity index (χ3v) is 6.07. The number of carbonyl (C=O) groups excluding carboxylic acids is 1. The molecule has 1 saturated carbocycles. The fourth-order valence-electron chi connectivity index (χ4n) is 4.26. The van der Waals surface area contributed by atoms with Gasteiger partial charge in [-0.1, -0.05) is 15.9 Å². The fourth-order valence-corrected chi connectivity index (χ4v) is 4.53. The van der Waals surface area contributed by atoms with E-state index in [1.807, 2.05) is 43.3 Å². The van der Waals surface area contributed by atoms with Crippen LogP contribution in [0.15, 0.2) is 28.7 Å². The molecule has 1 aromatic carbocycles. The van der Waals surface area contributed by atoms with E-state index in [0.717, 1.165) is 42.4 Å². The van der Waals surface area contributed by atoms with Gasteiger partial charge in [0.25, 0.3) is 5.91 Å². The van der Waals surface area contributed by atoms with Crippen LogP contribution in [0.4, 0.5) is 0 Å². The van der Waals surface area contributed by atoms with E-state index >= 15 is 0 Å². The van der Waals surface area contributed by atoms with Gasteiger partial charge in [0, 0.05) is 30.2 Å². The second-order valence-corrected chi connectivity index (χ2v) is 7.84. The molecule has 1 saturated heterocycles. The predicted octanol–water partition coefficient (Wildman–Crippen LogP) is 3.55. The molecule has 0 aromatic heterocycles. The maximum Gasteiger partial charge on any atom is 0.253 e. The van der Waals surface area contributed by atoms with Crippen LogP contribution in [0.2, 0.25) is 0 Å². The van der Waals surface area contributed by atoms with Crippen molar-refractivity contribution in [1.82, 2.24) is 9.80 Å². The number of rotatable bonds is 4. The van der Waals surface area contributed by atoms with E-state index in [4.69, 9.17) is 4.74 Å². The number of hydrogen-bond donors (Lipinski definition) is 0. The van der Waals surface area contributed by atoms with Crippen LogP contribution < -0.4 is 0 Å². The molecule has 0 spiro atoms. The monoisotopic (exact) mass is 394 g/mol.